The minimum absolute atomic E-state index is 0.267. The maximum Gasteiger partial charge on any atom is 0.247 e. The Kier molecular flexibility index (Phi) is 3.96. The van der Waals surface area contributed by atoms with E-state index in [1.54, 1.807) is 12.1 Å². The van der Waals surface area contributed by atoms with Gasteiger partial charge in [0.1, 0.15) is 0 Å². The van der Waals surface area contributed by atoms with E-state index < -0.39 is 9.84 Å². The van der Waals surface area contributed by atoms with E-state index in [2.05, 4.69) is 15.5 Å². The van der Waals surface area contributed by atoms with E-state index in [1.165, 1.54) is 18.4 Å². The highest BCUT2D eigenvalue weighted by Crippen LogP contribution is 2.20. The Morgan fingerprint density at radius 2 is 1.89 bits per heavy atom. The van der Waals surface area contributed by atoms with E-state index in [1.807, 2.05) is 6.92 Å². The summed E-state index contributed by atoms with van der Waals surface area (Å²) in [4.78, 5) is 0.267. The van der Waals surface area contributed by atoms with Crippen LogP contribution in [0.25, 0.3) is 11.5 Å². The van der Waals surface area contributed by atoms with Gasteiger partial charge in [-0.1, -0.05) is 6.92 Å². The average molecular weight is 281 g/mol. The van der Waals surface area contributed by atoms with Gasteiger partial charge in [-0.25, -0.2) is 8.42 Å². The molecular formula is C12H15N3O3S. The zero-order chi connectivity index (χ0) is 13.9. The molecule has 0 amide bonds. The minimum atomic E-state index is -3.19. The van der Waals surface area contributed by atoms with Crippen LogP contribution in [0.15, 0.2) is 33.6 Å². The molecule has 1 N–H and O–H groups in total. The van der Waals surface area contributed by atoms with Crippen LogP contribution in [0.2, 0.25) is 0 Å². The summed E-state index contributed by atoms with van der Waals surface area (Å²) in [7, 11) is -3.19. The molecule has 0 aliphatic carbocycles. The van der Waals surface area contributed by atoms with Crippen molar-refractivity contribution in [1.82, 2.24) is 15.5 Å². The Bertz CT molecular complexity index is 647. The van der Waals surface area contributed by atoms with Crippen LogP contribution < -0.4 is 5.32 Å². The first-order chi connectivity index (χ1) is 9.00. The predicted octanol–water partition coefficient (Wildman–Crippen LogP) is 1.25. The maximum absolute atomic E-state index is 11.3. The lowest BCUT2D eigenvalue weighted by Gasteiger charge is -1.99. The number of benzene rings is 1. The fourth-order valence-electron chi connectivity index (χ4n) is 1.52. The molecule has 0 aliphatic heterocycles. The molecule has 0 radical (unpaired) electrons. The molecule has 0 saturated carbocycles. The number of nitrogens with one attached hydrogen (secondary N) is 1. The van der Waals surface area contributed by atoms with Crippen molar-refractivity contribution < 1.29 is 12.8 Å². The lowest BCUT2D eigenvalue weighted by Crippen LogP contribution is -2.11. The second kappa shape index (κ2) is 5.50. The zero-order valence-electron chi connectivity index (χ0n) is 10.8. The summed E-state index contributed by atoms with van der Waals surface area (Å²) < 4.78 is 28.1. The third-order valence-electron chi connectivity index (χ3n) is 2.52. The van der Waals surface area contributed by atoms with Crippen molar-refractivity contribution in [2.24, 2.45) is 0 Å². The van der Waals surface area contributed by atoms with Gasteiger partial charge >= 0.3 is 0 Å². The molecule has 0 unspecified atom stereocenters. The van der Waals surface area contributed by atoms with Crippen LogP contribution in [-0.4, -0.2) is 31.4 Å². The zero-order valence-corrected chi connectivity index (χ0v) is 11.6. The Balaban J connectivity index is 2.20. The fourth-order valence-corrected chi connectivity index (χ4v) is 2.15. The fraction of sp³-hybridized carbons (Fsp3) is 0.333. The number of hydrogen-bond acceptors (Lipinski definition) is 6. The summed E-state index contributed by atoms with van der Waals surface area (Å²) in [6, 6.07) is 6.36. The first kappa shape index (κ1) is 13.7. The predicted molar refractivity (Wildman–Crippen MR) is 70.2 cm³/mol. The van der Waals surface area contributed by atoms with E-state index in [0.717, 1.165) is 6.54 Å². The molecule has 0 atom stereocenters. The molecule has 0 saturated heterocycles. The largest absolute Gasteiger partial charge is 0.419 e. The summed E-state index contributed by atoms with van der Waals surface area (Å²) in [5.41, 5.74) is 0.697. The van der Waals surface area contributed by atoms with Crippen LogP contribution >= 0.6 is 0 Å². The second-order valence-corrected chi connectivity index (χ2v) is 6.09. The third-order valence-corrected chi connectivity index (χ3v) is 3.65. The summed E-state index contributed by atoms with van der Waals surface area (Å²) in [5, 5.41) is 10.9. The van der Waals surface area contributed by atoms with E-state index >= 15 is 0 Å². The first-order valence-electron chi connectivity index (χ1n) is 5.84. The summed E-state index contributed by atoms with van der Waals surface area (Å²) in [5.74, 6) is 0.886. The van der Waals surface area contributed by atoms with E-state index in [9.17, 15) is 8.42 Å². The van der Waals surface area contributed by atoms with Crippen molar-refractivity contribution in [2.45, 2.75) is 18.4 Å². The molecule has 0 bridgehead atoms. The molecule has 0 spiro atoms. The summed E-state index contributed by atoms with van der Waals surface area (Å²) in [6.45, 7) is 3.33. The number of sulfone groups is 1. The molecule has 6 nitrogen and oxygen atoms in total. The Hall–Kier alpha value is -1.73. The van der Waals surface area contributed by atoms with Crippen LogP contribution in [-0.2, 0) is 16.4 Å². The van der Waals surface area contributed by atoms with Crippen molar-refractivity contribution >= 4 is 9.84 Å². The van der Waals surface area contributed by atoms with Crippen LogP contribution in [0.3, 0.4) is 0 Å². The van der Waals surface area contributed by atoms with Crippen LogP contribution in [0.5, 0.6) is 0 Å². The van der Waals surface area contributed by atoms with Gasteiger partial charge in [-0.2, -0.15) is 0 Å². The van der Waals surface area contributed by atoms with E-state index in [4.69, 9.17) is 4.42 Å². The number of rotatable bonds is 5. The molecule has 1 aromatic carbocycles. The third kappa shape index (κ3) is 3.39. The molecular weight excluding hydrogens is 266 g/mol. The lowest BCUT2D eigenvalue weighted by molar-refractivity contribution is 0.482. The van der Waals surface area contributed by atoms with Gasteiger partial charge < -0.3 is 9.73 Å². The van der Waals surface area contributed by atoms with Gasteiger partial charge in [0, 0.05) is 11.8 Å². The Morgan fingerprint density at radius 3 is 2.47 bits per heavy atom. The van der Waals surface area contributed by atoms with Crippen molar-refractivity contribution in [1.29, 1.82) is 0 Å². The van der Waals surface area contributed by atoms with Crippen LogP contribution in [0.4, 0.5) is 0 Å². The quantitative estimate of drug-likeness (QED) is 0.887. The average Bonchev–Trinajstić information content (AvgIpc) is 2.84. The van der Waals surface area contributed by atoms with E-state index in [-0.39, 0.29) is 4.90 Å². The van der Waals surface area contributed by atoms with Crippen LogP contribution in [0, 0.1) is 0 Å². The molecule has 0 fully saturated rings. The maximum atomic E-state index is 11.3. The molecule has 0 aliphatic rings. The van der Waals surface area contributed by atoms with Crippen molar-refractivity contribution in [3.8, 4) is 11.5 Å². The first-order valence-corrected chi connectivity index (χ1v) is 7.73. The van der Waals surface area contributed by atoms with Gasteiger partial charge in [0.25, 0.3) is 0 Å². The van der Waals surface area contributed by atoms with Gasteiger partial charge in [0.15, 0.2) is 9.84 Å². The van der Waals surface area contributed by atoms with Crippen molar-refractivity contribution in [3.05, 3.63) is 30.2 Å². The number of hydrogen-bond donors (Lipinski definition) is 1. The van der Waals surface area contributed by atoms with Crippen molar-refractivity contribution in [2.75, 3.05) is 12.8 Å². The molecule has 102 valence electrons. The lowest BCUT2D eigenvalue weighted by atomic mass is 10.2. The molecule has 1 aromatic heterocycles. The molecule has 2 rings (SSSR count). The van der Waals surface area contributed by atoms with E-state index in [0.29, 0.717) is 23.9 Å². The highest BCUT2D eigenvalue weighted by Gasteiger charge is 2.10. The summed E-state index contributed by atoms with van der Waals surface area (Å²) in [6.07, 6.45) is 1.17. The smallest absolute Gasteiger partial charge is 0.247 e. The molecule has 2 aromatic rings. The standard InChI is InChI=1S/C12H15N3O3S/c1-3-13-8-11-14-15-12(18-11)9-4-6-10(7-5-9)19(2,16)17/h4-7,13H,3,8H2,1-2H3. The summed E-state index contributed by atoms with van der Waals surface area (Å²) >= 11 is 0. The minimum Gasteiger partial charge on any atom is -0.419 e. The Morgan fingerprint density at radius 1 is 1.21 bits per heavy atom. The van der Waals surface area contributed by atoms with Gasteiger partial charge in [0.2, 0.25) is 11.8 Å². The van der Waals surface area contributed by atoms with Gasteiger partial charge in [0.05, 0.1) is 11.4 Å². The monoisotopic (exact) mass is 281 g/mol. The highest BCUT2D eigenvalue weighted by molar-refractivity contribution is 7.90. The SMILES string of the molecule is CCNCc1nnc(-c2ccc(S(C)(=O)=O)cc2)o1. The molecule has 1 heterocycles. The number of nitrogens with zero attached hydrogens (tertiary/aromatic N) is 2. The molecule has 7 heteroatoms. The normalized spacial score (nSPS) is 11.7. The van der Waals surface area contributed by atoms with Gasteiger partial charge in [-0.3, -0.25) is 0 Å². The van der Waals surface area contributed by atoms with Gasteiger partial charge in [-0.05, 0) is 30.8 Å². The topological polar surface area (TPSA) is 85.1 Å². The van der Waals surface area contributed by atoms with Gasteiger partial charge in [-0.15, -0.1) is 10.2 Å². The molecule has 19 heavy (non-hydrogen) atoms. The van der Waals surface area contributed by atoms with Crippen LogP contribution in [0.1, 0.15) is 12.8 Å². The van der Waals surface area contributed by atoms with Crippen molar-refractivity contribution in [3.63, 3.8) is 0 Å². The highest BCUT2D eigenvalue weighted by atomic mass is 32.2. The Labute approximate surface area is 111 Å². The second-order valence-electron chi connectivity index (χ2n) is 4.08. The number of aromatic nitrogens is 2.